The third-order valence-corrected chi connectivity index (χ3v) is 2.78. The molecule has 0 aliphatic rings. The monoisotopic (exact) mass is 321 g/mol. The van der Waals surface area contributed by atoms with E-state index in [1.807, 2.05) is 12.1 Å². The van der Waals surface area contributed by atoms with E-state index >= 15 is 0 Å². The van der Waals surface area contributed by atoms with Crippen molar-refractivity contribution in [1.82, 2.24) is 0 Å². The van der Waals surface area contributed by atoms with Gasteiger partial charge in [-0.3, -0.25) is 0 Å². The Morgan fingerprint density at radius 2 is 2.07 bits per heavy atom. The molecule has 0 fully saturated rings. The number of halogens is 3. The predicted molar refractivity (Wildman–Crippen MR) is 64.5 cm³/mol. The lowest BCUT2D eigenvalue weighted by atomic mass is 10.2. The fourth-order valence-electron chi connectivity index (χ4n) is 1.01. The van der Waals surface area contributed by atoms with E-state index in [4.69, 9.17) is 5.73 Å². The minimum atomic E-state index is -0.250. The van der Waals surface area contributed by atoms with Gasteiger partial charge in [0.1, 0.15) is 5.82 Å². The fraction of sp³-hybridized carbons (Fsp3) is 0.200. The number of nitrogens with two attached hydrogens (primary N) is 1. The van der Waals surface area contributed by atoms with Gasteiger partial charge >= 0.3 is 0 Å². The molecular weight excluding hydrogens is 313 g/mol. The second-order valence-electron chi connectivity index (χ2n) is 2.76. The Morgan fingerprint density at radius 1 is 1.36 bits per heavy atom. The van der Waals surface area contributed by atoms with E-state index in [-0.39, 0.29) is 5.82 Å². The Bertz CT molecular complexity index is 327. The van der Waals surface area contributed by atoms with Gasteiger partial charge in [-0.1, -0.05) is 44.0 Å². The largest absolute Gasteiger partial charge is 0.330 e. The molecule has 2 N–H and O–H groups in total. The van der Waals surface area contributed by atoms with Crippen LogP contribution in [0.4, 0.5) is 4.39 Å². The third kappa shape index (κ3) is 3.19. The van der Waals surface area contributed by atoms with Gasteiger partial charge in [0.2, 0.25) is 0 Å². The highest BCUT2D eigenvalue weighted by Crippen LogP contribution is 2.26. The van der Waals surface area contributed by atoms with Crippen LogP contribution in [0.5, 0.6) is 0 Å². The molecule has 0 aliphatic heterocycles. The molecule has 14 heavy (non-hydrogen) atoms. The smallest absolute Gasteiger partial charge is 0.132 e. The van der Waals surface area contributed by atoms with Crippen molar-refractivity contribution in [3.8, 4) is 0 Å². The molecule has 0 radical (unpaired) electrons. The van der Waals surface area contributed by atoms with Gasteiger partial charge in [0, 0.05) is 14.5 Å². The molecule has 1 nitrogen and oxygen atoms in total. The molecule has 1 rings (SSSR count). The van der Waals surface area contributed by atoms with Crippen molar-refractivity contribution in [2.75, 3.05) is 6.54 Å². The molecule has 0 amide bonds. The van der Waals surface area contributed by atoms with Crippen LogP contribution < -0.4 is 5.73 Å². The lowest BCUT2D eigenvalue weighted by Gasteiger charge is -2.01. The van der Waals surface area contributed by atoms with Crippen LogP contribution in [0.2, 0.25) is 0 Å². The average Bonchev–Trinajstić information content (AvgIpc) is 2.09. The van der Waals surface area contributed by atoms with Gasteiger partial charge in [0.05, 0.1) is 0 Å². The molecule has 0 bridgehead atoms. The highest BCUT2D eigenvalue weighted by molar-refractivity contribution is 9.11. The number of hydrogen-bond acceptors (Lipinski definition) is 1. The molecule has 0 spiro atoms. The van der Waals surface area contributed by atoms with E-state index in [1.165, 1.54) is 6.07 Å². The van der Waals surface area contributed by atoms with Gasteiger partial charge < -0.3 is 5.73 Å². The van der Waals surface area contributed by atoms with Crippen LogP contribution in [-0.4, -0.2) is 6.54 Å². The second kappa shape index (κ2) is 5.63. The molecule has 0 atom stereocenters. The predicted octanol–water partition coefficient (Wildman–Crippen LogP) is 3.71. The SMILES string of the molecule is NCCC=Cc1c(F)cc(Br)cc1Br. The van der Waals surface area contributed by atoms with Crippen LogP contribution in [0.1, 0.15) is 12.0 Å². The van der Waals surface area contributed by atoms with E-state index in [2.05, 4.69) is 31.9 Å². The third-order valence-electron chi connectivity index (χ3n) is 1.66. The fourth-order valence-corrected chi connectivity index (χ4v) is 2.32. The maximum atomic E-state index is 13.4. The summed E-state index contributed by atoms with van der Waals surface area (Å²) in [5, 5.41) is 0. The first-order chi connectivity index (χ1) is 6.65. The summed E-state index contributed by atoms with van der Waals surface area (Å²) in [7, 11) is 0. The molecule has 0 heterocycles. The molecule has 76 valence electrons. The van der Waals surface area contributed by atoms with Gasteiger partial charge in [0.15, 0.2) is 0 Å². The van der Waals surface area contributed by atoms with Crippen LogP contribution in [0.25, 0.3) is 6.08 Å². The molecule has 0 saturated carbocycles. The van der Waals surface area contributed by atoms with Crippen LogP contribution in [0, 0.1) is 5.82 Å². The minimum absolute atomic E-state index is 0.250. The molecule has 0 saturated heterocycles. The maximum Gasteiger partial charge on any atom is 0.132 e. The van der Waals surface area contributed by atoms with Crippen LogP contribution >= 0.6 is 31.9 Å². The van der Waals surface area contributed by atoms with Crippen molar-refractivity contribution in [1.29, 1.82) is 0 Å². The van der Waals surface area contributed by atoms with Gasteiger partial charge in [-0.2, -0.15) is 0 Å². The summed E-state index contributed by atoms with van der Waals surface area (Å²) in [5.41, 5.74) is 5.89. The highest BCUT2D eigenvalue weighted by Gasteiger charge is 2.04. The topological polar surface area (TPSA) is 26.0 Å². The molecule has 1 aromatic rings. The first-order valence-electron chi connectivity index (χ1n) is 4.16. The first-order valence-corrected chi connectivity index (χ1v) is 5.75. The van der Waals surface area contributed by atoms with Crippen molar-refractivity contribution in [3.05, 3.63) is 38.5 Å². The Morgan fingerprint density at radius 3 is 2.64 bits per heavy atom. The van der Waals surface area contributed by atoms with Crippen LogP contribution in [0.15, 0.2) is 27.2 Å². The number of hydrogen-bond donors (Lipinski definition) is 1. The lowest BCUT2D eigenvalue weighted by Crippen LogP contribution is -1.95. The molecule has 0 aromatic heterocycles. The van der Waals surface area contributed by atoms with Gasteiger partial charge in [-0.15, -0.1) is 0 Å². The summed E-state index contributed by atoms with van der Waals surface area (Å²) in [5.74, 6) is -0.250. The van der Waals surface area contributed by atoms with Crippen molar-refractivity contribution >= 4 is 37.9 Å². The molecule has 0 aliphatic carbocycles. The Labute approximate surface area is 99.4 Å². The summed E-state index contributed by atoms with van der Waals surface area (Å²) in [6, 6.07) is 3.25. The zero-order valence-corrected chi connectivity index (χ0v) is 10.6. The van der Waals surface area contributed by atoms with E-state index in [0.717, 1.165) is 15.4 Å². The average molecular weight is 323 g/mol. The Kier molecular flexibility index (Phi) is 4.78. The first kappa shape index (κ1) is 11.9. The zero-order chi connectivity index (χ0) is 10.6. The summed E-state index contributed by atoms with van der Waals surface area (Å²) >= 11 is 6.51. The highest BCUT2D eigenvalue weighted by atomic mass is 79.9. The van der Waals surface area contributed by atoms with Crippen molar-refractivity contribution in [2.24, 2.45) is 5.73 Å². The maximum absolute atomic E-state index is 13.4. The lowest BCUT2D eigenvalue weighted by molar-refractivity contribution is 0.623. The van der Waals surface area contributed by atoms with E-state index in [1.54, 1.807) is 6.08 Å². The molecule has 4 heteroatoms. The second-order valence-corrected chi connectivity index (χ2v) is 4.53. The van der Waals surface area contributed by atoms with E-state index in [9.17, 15) is 4.39 Å². The zero-order valence-electron chi connectivity index (χ0n) is 7.43. The summed E-state index contributed by atoms with van der Waals surface area (Å²) in [6.45, 7) is 0.576. The molecule has 1 aromatic carbocycles. The van der Waals surface area contributed by atoms with Crippen molar-refractivity contribution in [3.63, 3.8) is 0 Å². The van der Waals surface area contributed by atoms with Gasteiger partial charge in [0.25, 0.3) is 0 Å². The Balaban J connectivity index is 2.96. The van der Waals surface area contributed by atoms with Crippen molar-refractivity contribution < 1.29 is 4.39 Å². The number of rotatable bonds is 3. The quantitative estimate of drug-likeness (QED) is 0.902. The standard InChI is InChI=1S/C10H10Br2FN/c11-7-5-9(12)8(10(13)6-7)3-1-2-4-14/h1,3,5-6H,2,4,14H2. The van der Waals surface area contributed by atoms with Gasteiger partial charge in [-0.25, -0.2) is 4.39 Å². The normalized spacial score (nSPS) is 11.1. The minimum Gasteiger partial charge on any atom is -0.330 e. The molecular formula is C10H10Br2FN. The van der Waals surface area contributed by atoms with Crippen LogP contribution in [-0.2, 0) is 0 Å². The summed E-state index contributed by atoms with van der Waals surface area (Å²) < 4.78 is 14.9. The van der Waals surface area contributed by atoms with E-state index < -0.39 is 0 Å². The van der Waals surface area contributed by atoms with Crippen LogP contribution in [0.3, 0.4) is 0 Å². The number of benzene rings is 1. The molecule has 0 unspecified atom stereocenters. The summed E-state index contributed by atoms with van der Waals surface area (Å²) in [4.78, 5) is 0. The summed E-state index contributed by atoms with van der Waals surface area (Å²) in [6.07, 6.45) is 4.34. The van der Waals surface area contributed by atoms with Gasteiger partial charge in [-0.05, 0) is 25.1 Å². The van der Waals surface area contributed by atoms with Crippen molar-refractivity contribution in [2.45, 2.75) is 6.42 Å². The Hall–Kier alpha value is -0.190. The van der Waals surface area contributed by atoms with E-state index in [0.29, 0.717) is 12.1 Å².